The average Bonchev–Trinajstić information content (AvgIpc) is 2.64. The van der Waals surface area contributed by atoms with Crippen LogP contribution < -0.4 is 20.1 Å². The summed E-state index contributed by atoms with van der Waals surface area (Å²) >= 11 is 5.18. The number of halogens is 1. The lowest BCUT2D eigenvalue weighted by molar-refractivity contribution is -0.385. The molecule has 0 spiro atoms. The molecule has 0 aliphatic rings. The Morgan fingerprint density at radius 3 is 2.48 bits per heavy atom. The maximum atomic E-state index is 13.6. The fourth-order valence-corrected chi connectivity index (χ4v) is 2.66. The van der Waals surface area contributed by atoms with Crippen molar-refractivity contribution in [3.63, 3.8) is 0 Å². The minimum Gasteiger partial charge on any atom is -0.493 e. The molecule has 0 aliphatic heterocycles. The predicted molar refractivity (Wildman–Crippen MR) is 105 cm³/mol. The summed E-state index contributed by atoms with van der Waals surface area (Å²) in [4.78, 5) is 10.8. The molecule has 0 unspecified atom stereocenters. The summed E-state index contributed by atoms with van der Waals surface area (Å²) in [7, 11) is 2.88. The van der Waals surface area contributed by atoms with E-state index in [-0.39, 0.29) is 11.5 Å². The number of aryl methyl sites for hydroxylation is 1. The quantitative estimate of drug-likeness (QED) is 0.422. The number of thiocarbonyl (C=S) groups is 1. The second-order valence-corrected chi connectivity index (χ2v) is 6.10. The molecule has 2 aromatic carbocycles. The first-order valence-corrected chi connectivity index (χ1v) is 8.46. The lowest BCUT2D eigenvalue weighted by Crippen LogP contribution is -2.30. The normalized spacial score (nSPS) is 10.2. The van der Waals surface area contributed by atoms with Crippen molar-refractivity contribution in [2.45, 2.75) is 13.3 Å². The molecule has 0 bridgehead atoms. The molecule has 27 heavy (non-hydrogen) atoms. The summed E-state index contributed by atoms with van der Waals surface area (Å²) in [6.07, 6.45) is 0.334. The number of anilines is 1. The van der Waals surface area contributed by atoms with Crippen LogP contribution >= 0.6 is 12.2 Å². The van der Waals surface area contributed by atoms with Gasteiger partial charge in [0.15, 0.2) is 16.6 Å². The zero-order valence-electron chi connectivity index (χ0n) is 15.2. The molecular weight excluding hydrogens is 373 g/mol. The van der Waals surface area contributed by atoms with Crippen LogP contribution in [0.25, 0.3) is 0 Å². The van der Waals surface area contributed by atoms with Crippen molar-refractivity contribution in [2.24, 2.45) is 0 Å². The van der Waals surface area contributed by atoms with Gasteiger partial charge in [0.2, 0.25) is 0 Å². The molecule has 0 saturated heterocycles. The molecule has 0 saturated carbocycles. The third-order valence-electron chi connectivity index (χ3n) is 3.89. The van der Waals surface area contributed by atoms with E-state index in [9.17, 15) is 14.5 Å². The maximum Gasteiger partial charge on any atom is 0.276 e. The van der Waals surface area contributed by atoms with E-state index < -0.39 is 4.92 Å². The molecule has 0 amide bonds. The lowest BCUT2D eigenvalue weighted by atomic mass is 10.1. The van der Waals surface area contributed by atoms with E-state index in [2.05, 4.69) is 10.6 Å². The lowest BCUT2D eigenvalue weighted by Gasteiger charge is -2.13. The molecule has 0 radical (unpaired) electrons. The van der Waals surface area contributed by atoms with Gasteiger partial charge in [-0.05, 0) is 49.3 Å². The van der Waals surface area contributed by atoms with Crippen LogP contribution in [0.5, 0.6) is 11.5 Å². The zero-order chi connectivity index (χ0) is 20.0. The van der Waals surface area contributed by atoms with Crippen molar-refractivity contribution in [2.75, 3.05) is 26.1 Å². The molecule has 2 aromatic rings. The third kappa shape index (κ3) is 5.27. The standard InChI is InChI=1S/C18H20FN3O4S/c1-11-4-5-13(9-14(11)19)21-18(27)20-7-6-12-8-16(25-2)17(26-3)10-15(12)22(23)24/h4-5,8-10H,6-7H2,1-3H3,(H2,20,21,27). The second kappa shape index (κ2) is 9.13. The fraction of sp³-hybridized carbons (Fsp3) is 0.278. The number of hydrogen-bond acceptors (Lipinski definition) is 5. The number of methoxy groups -OCH3 is 2. The average molecular weight is 393 g/mol. The first kappa shape index (κ1) is 20.4. The van der Waals surface area contributed by atoms with Crippen molar-refractivity contribution < 1.29 is 18.8 Å². The first-order chi connectivity index (χ1) is 12.8. The van der Waals surface area contributed by atoms with Crippen molar-refractivity contribution in [1.29, 1.82) is 0 Å². The van der Waals surface area contributed by atoms with Crippen molar-refractivity contribution >= 4 is 28.7 Å². The van der Waals surface area contributed by atoms with Gasteiger partial charge in [-0.15, -0.1) is 0 Å². The second-order valence-electron chi connectivity index (χ2n) is 5.69. The predicted octanol–water partition coefficient (Wildman–Crippen LogP) is 3.59. The topological polar surface area (TPSA) is 85.7 Å². The van der Waals surface area contributed by atoms with E-state index in [1.54, 1.807) is 25.1 Å². The summed E-state index contributed by atoms with van der Waals surface area (Å²) < 4.78 is 23.9. The maximum absolute atomic E-state index is 13.6. The Balaban J connectivity index is 2.02. The van der Waals surface area contributed by atoms with E-state index in [0.717, 1.165) is 0 Å². The molecule has 0 aliphatic carbocycles. The zero-order valence-corrected chi connectivity index (χ0v) is 16.0. The van der Waals surface area contributed by atoms with Crippen LogP contribution in [0.2, 0.25) is 0 Å². The first-order valence-electron chi connectivity index (χ1n) is 8.06. The number of nitrogens with zero attached hydrogens (tertiary/aromatic N) is 1. The Bertz CT molecular complexity index is 861. The van der Waals surface area contributed by atoms with Crippen LogP contribution in [0.1, 0.15) is 11.1 Å². The van der Waals surface area contributed by atoms with Gasteiger partial charge in [-0.3, -0.25) is 10.1 Å². The summed E-state index contributed by atoms with van der Waals surface area (Å²) in [5.74, 6) is 0.372. The van der Waals surface area contributed by atoms with E-state index in [0.29, 0.717) is 46.4 Å². The number of ether oxygens (including phenoxy) is 2. The molecule has 0 heterocycles. The smallest absolute Gasteiger partial charge is 0.276 e. The Morgan fingerprint density at radius 1 is 1.22 bits per heavy atom. The highest BCUT2D eigenvalue weighted by molar-refractivity contribution is 7.80. The Morgan fingerprint density at radius 2 is 1.89 bits per heavy atom. The van der Waals surface area contributed by atoms with Crippen molar-refractivity contribution in [1.82, 2.24) is 5.32 Å². The van der Waals surface area contributed by atoms with Gasteiger partial charge in [0.05, 0.1) is 25.2 Å². The van der Waals surface area contributed by atoms with E-state index in [1.807, 2.05) is 0 Å². The van der Waals surface area contributed by atoms with Crippen LogP contribution in [0, 0.1) is 22.9 Å². The number of nitro benzene ring substituents is 1. The van der Waals surface area contributed by atoms with Crippen LogP contribution in [0.15, 0.2) is 30.3 Å². The monoisotopic (exact) mass is 393 g/mol. The minimum atomic E-state index is -0.469. The number of nitrogens with one attached hydrogen (secondary N) is 2. The summed E-state index contributed by atoms with van der Waals surface area (Å²) in [5, 5.41) is 17.4. The van der Waals surface area contributed by atoms with Crippen molar-refractivity contribution in [3.8, 4) is 11.5 Å². The SMILES string of the molecule is COc1cc(CCNC(=S)Nc2ccc(C)c(F)c2)c([N+](=O)[O-])cc1OC. The minimum absolute atomic E-state index is 0.0612. The van der Waals surface area contributed by atoms with Crippen LogP contribution in [0.3, 0.4) is 0 Å². The summed E-state index contributed by atoms with van der Waals surface area (Å²) in [6, 6.07) is 7.62. The Kier molecular flexibility index (Phi) is 6.89. The molecule has 2 rings (SSSR count). The van der Waals surface area contributed by atoms with Crippen LogP contribution in [-0.4, -0.2) is 30.8 Å². The molecule has 2 N–H and O–H groups in total. The number of rotatable bonds is 7. The molecular formula is C18H20FN3O4S. The van der Waals surface area contributed by atoms with Crippen LogP contribution in [0.4, 0.5) is 15.8 Å². The highest BCUT2D eigenvalue weighted by Gasteiger charge is 2.19. The number of benzene rings is 2. The largest absolute Gasteiger partial charge is 0.493 e. The van der Waals surface area contributed by atoms with E-state index >= 15 is 0 Å². The van der Waals surface area contributed by atoms with E-state index in [4.69, 9.17) is 21.7 Å². The highest BCUT2D eigenvalue weighted by atomic mass is 32.1. The Hall–Kier alpha value is -2.94. The molecule has 0 fully saturated rings. The molecule has 0 atom stereocenters. The van der Waals surface area contributed by atoms with Gasteiger partial charge in [-0.25, -0.2) is 4.39 Å². The Labute approximate surface area is 161 Å². The fourth-order valence-electron chi connectivity index (χ4n) is 2.44. The molecule has 7 nitrogen and oxygen atoms in total. The highest BCUT2D eigenvalue weighted by Crippen LogP contribution is 2.34. The van der Waals surface area contributed by atoms with Gasteiger partial charge >= 0.3 is 0 Å². The van der Waals surface area contributed by atoms with Gasteiger partial charge in [0, 0.05) is 17.8 Å². The van der Waals surface area contributed by atoms with Gasteiger partial charge in [0.25, 0.3) is 5.69 Å². The summed E-state index contributed by atoms with van der Waals surface area (Å²) in [6.45, 7) is 2.02. The van der Waals surface area contributed by atoms with Gasteiger partial charge in [0.1, 0.15) is 5.82 Å². The van der Waals surface area contributed by atoms with Gasteiger partial charge < -0.3 is 20.1 Å². The van der Waals surface area contributed by atoms with Crippen LogP contribution in [-0.2, 0) is 6.42 Å². The summed E-state index contributed by atoms with van der Waals surface area (Å²) in [5.41, 5.74) is 1.48. The molecule has 0 aromatic heterocycles. The van der Waals surface area contributed by atoms with Gasteiger partial charge in [-0.1, -0.05) is 6.07 Å². The van der Waals surface area contributed by atoms with Gasteiger partial charge in [-0.2, -0.15) is 0 Å². The third-order valence-corrected chi connectivity index (χ3v) is 4.14. The molecule has 144 valence electrons. The van der Waals surface area contributed by atoms with Crippen molar-refractivity contribution in [3.05, 3.63) is 57.4 Å². The molecule has 9 heteroatoms. The number of hydrogen-bond donors (Lipinski definition) is 2. The van der Waals surface area contributed by atoms with E-state index in [1.165, 1.54) is 26.4 Å². The number of nitro groups is 1.